The van der Waals surface area contributed by atoms with Crippen LogP contribution in [0.25, 0.3) is 0 Å². The smallest absolute Gasteiger partial charge is 0.162 e. The largest absolute Gasteiger partial charge is 0.490 e. The van der Waals surface area contributed by atoms with Crippen LogP contribution in [0, 0.1) is 12.7 Å². The Hall–Kier alpha value is -2.24. The monoisotopic (exact) mass is 477 g/mol. The minimum absolute atomic E-state index is 0.266. The summed E-state index contributed by atoms with van der Waals surface area (Å²) in [6, 6.07) is 16.0. The number of hydrogen-bond acceptors (Lipinski definition) is 3. The van der Waals surface area contributed by atoms with Crippen LogP contribution in [0.4, 0.5) is 10.1 Å². The Balaban J connectivity index is 1.74. The molecule has 0 aliphatic heterocycles. The lowest BCUT2D eigenvalue weighted by molar-refractivity contribution is 0.269. The van der Waals surface area contributed by atoms with Gasteiger partial charge in [-0.25, -0.2) is 4.39 Å². The molecule has 3 rings (SSSR count). The van der Waals surface area contributed by atoms with E-state index >= 15 is 0 Å². The highest BCUT2D eigenvalue weighted by atomic mass is 79.9. The summed E-state index contributed by atoms with van der Waals surface area (Å²) in [5.74, 6) is 1.03. The lowest BCUT2D eigenvalue weighted by Gasteiger charge is -2.16. The zero-order valence-electron chi connectivity index (χ0n) is 16.3. The van der Waals surface area contributed by atoms with Gasteiger partial charge in [0, 0.05) is 21.7 Å². The predicted molar refractivity (Wildman–Crippen MR) is 120 cm³/mol. The van der Waals surface area contributed by atoms with Crippen molar-refractivity contribution in [2.24, 2.45) is 0 Å². The highest BCUT2D eigenvalue weighted by Crippen LogP contribution is 2.35. The molecule has 0 aromatic heterocycles. The molecular weight excluding hydrogens is 457 g/mol. The highest BCUT2D eigenvalue weighted by Gasteiger charge is 2.12. The van der Waals surface area contributed by atoms with Crippen molar-refractivity contribution in [1.29, 1.82) is 0 Å². The maximum atomic E-state index is 13.1. The van der Waals surface area contributed by atoms with Crippen molar-refractivity contribution < 1.29 is 13.9 Å². The van der Waals surface area contributed by atoms with Crippen LogP contribution >= 0.6 is 27.5 Å². The fourth-order valence-electron chi connectivity index (χ4n) is 2.74. The average Bonchev–Trinajstić information content (AvgIpc) is 2.70. The second-order valence-electron chi connectivity index (χ2n) is 6.56. The highest BCUT2D eigenvalue weighted by molar-refractivity contribution is 9.10. The summed E-state index contributed by atoms with van der Waals surface area (Å²) in [5, 5.41) is 4.11. The molecule has 0 spiro atoms. The van der Waals surface area contributed by atoms with Gasteiger partial charge in [0.1, 0.15) is 12.4 Å². The van der Waals surface area contributed by atoms with E-state index in [0.717, 1.165) is 31.9 Å². The van der Waals surface area contributed by atoms with Gasteiger partial charge in [0.15, 0.2) is 11.5 Å². The first-order valence-corrected chi connectivity index (χ1v) is 10.5. The molecule has 152 valence electrons. The summed E-state index contributed by atoms with van der Waals surface area (Å²) in [4.78, 5) is 0. The number of rotatable bonds is 8. The molecule has 0 aliphatic carbocycles. The number of nitrogens with one attached hydrogen (secondary N) is 1. The molecule has 0 fully saturated rings. The topological polar surface area (TPSA) is 30.5 Å². The first-order valence-electron chi connectivity index (χ1n) is 9.28. The summed E-state index contributed by atoms with van der Waals surface area (Å²) in [6.45, 7) is 5.35. The van der Waals surface area contributed by atoms with Crippen molar-refractivity contribution in [2.75, 3.05) is 11.9 Å². The van der Waals surface area contributed by atoms with Gasteiger partial charge in [0.2, 0.25) is 0 Å². The maximum Gasteiger partial charge on any atom is 0.162 e. The third-order valence-corrected chi connectivity index (χ3v) is 5.52. The van der Waals surface area contributed by atoms with E-state index in [9.17, 15) is 4.39 Å². The Kier molecular flexibility index (Phi) is 7.40. The fraction of sp³-hybridized carbons (Fsp3) is 0.217. The second kappa shape index (κ2) is 9.99. The van der Waals surface area contributed by atoms with E-state index in [1.54, 1.807) is 12.1 Å². The van der Waals surface area contributed by atoms with Crippen LogP contribution in [0.15, 0.2) is 59.1 Å². The van der Waals surface area contributed by atoms with E-state index in [2.05, 4.69) is 21.2 Å². The second-order valence-corrected chi connectivity index (χ2v) is 7.82. The summed E-state index contributed by atoms with van der Waals surface area (Å²) in [6.07, 6.45) is 0. The van der Waals surface area contributed by atoms with Crippen molar-refractivity contribution in [2.45, 2.75) is 27.0 Å². The van der Waals surface area contributed by atoms with Crippen LogP contribution in [0.3, 0.4) is 0 Å². The summed E-state index contributed by atoms with van der Waals surface area (Å²) < 4.78 is 25.7. The van der Waals surface area contributed by atoms with Gasteiger partial charge in [-0.2, -0.15) is 0 Å². The lowest BCUT2D eigenvalue weighted by atomic mass is 10.1. The molecule has 0 amide bonds. The van der Waals surface area contributed by atoms with Crippen molar-refractivity contribution in [3.05, 3.63) is 86.6 Å². The molecule has 3 aromatic rings. The van der Waals surface area contributed by atoms with E-state index < -0.39 is 0 Å². The predicted octanol–water partition coefficient (Wildman–Crippen LogP) is 7.14. The molecule has 0 bridgehead atoms. The van der Waals surface area contributed by atoms with Crippen molar-refractivity contribution >= 4 is 33.2 Å². The van der Waals surface area contributed by atoms with Crippen LogP contribution < -0.4 is 14.8 Å². The van der Waals surface area contributed by atoms with Crippen molar-refractivity contribution in [3.63, 3.8) is 0 Å². The summed E-state index contributed by atoms with van der Waals surface area (Å²) >= 11 is 9.82. The van der Waals surface area contributed by atoms with Gasteiger partial charge in [-0.15, -0.1) is 0 Å². The molecule has 0 unspecified atom stereocenters. The number of hydrogen-bond donors (Lipinski definition) is 1. The van der Waals surface area contributed by atoms with E-state index in [4.69, 9.17) is 21.1 Å². The average molecular weight is 479 g/mol. The standard InChI is InChI=1S/C23H22BrClFNO2/c1-3-28-22-10-17(13-27-19-9-4-15(2)21(25)11-19)20(24)12-23(22)29-14-16-5-7-18(26)8-6-16/h4-12,27H,3,13-14H2,1-2H3. The summed E-state index contributed by atoms with van der Waals surface area (Å²) in [5.41, 5.74) is 3.90. The maximum absolute atomic E-state index is 13.1. The molecule has 0 saturated carbocycles. The van der Waals surface area contributed by atoms with Gasteiger partial charge < -0.3 is 14.8 Å². The summed E-state index contributed by atoms with van der Waals surface area (Å²) in [7, 11) is 0. The van der Waals surface area contributed by atoms with Crippen molar-refractivity contribution in [3.8, 4) is 11.5 Å². The number of ether oxygens (including phenoxy) is 2. The molecule has 0 atom stereocenters. The molecule has 0 aliphatic rings. The molecule has 29 heavy (non-hydrogen) atoms. The van der Waals surface area contributed by atoms with Crippen LogP contribution in [0.2, 0.25) is 5.02 Å². The van der Waals surface area contributed by atoms with Crippen LogP contribution in [0.5, 0.6) is 11.5 Å². The van der Waals surface area contributed by atoms with Gasteiger partial charge in [-0.3, -0.25) is 0 Å². The number of aryl methyl sites for hydroxylation is 1. The first-order chi connectivity index (χ1) is 14.0. The lowest BCUT2D eigenvalue weighted by Crippen LogP contribution is -2.04. The number of anilines is 1. The molecular formula is C23H22BrClFNO2. The Morgan fingerprint density at radius 3 is 2.41 bits per heavy atom. The van der Waals surface area contributed by atoms with Crippen LogP contribution in [-0.4, -0.2) is 6.61 Å². The van der Waals surface area contributed by atoms with Gasteiger partial charge in [0.05, 0.1) is 6.61 Å². The fourth-order valence-corrected chi connectivity index (χ4v) is 3.38. The van der Waals surface area contributed by atoms with E-state index in [1.165, 1.54) is 12.1 Å². The van der Waals surface area contributed by atoms with E-state index in [-0.39, 0.29) is 5.82 Å². The Labute approximate surface area is 183 Å². The Bertz CT molecular complexity index is 979. The minimum atomic E-state index is -0.266. The number of halogens is 3. The van der Waals surface area contributed by atoms with Crippen molar-refractivity contribution in [1.82, 2.24) is 0 Å². The van der Waals surface area contributed by atoms with E-state index in [1.807, 2.05) is 44.2 Å². The molecule has 3 nitrogen and oxygen atoms in total. The Morgan fingerprint density at radius 2 is 1.72 bits per heavy atom. The minimum Gasteiger partial charge on any atom is -0.490 e. The van der Waals surface area contributed by atoms with Gasteiger partial charge in [-0.1, -0.05) is 45.7 Å². The molecule has 0 saturated heterocycles. The van der Waals surface area contributed by atoms with Gasteiger partial charge in [-0.05, 0) is 66.9 Å². The molecule has 0 radical (unpaired) electrons. The third kappa shape index (κ3) is 5.87. The SMILES string of the molecule is CCOc1cc(CNc2ccc(C)c(Cl)c2)c(Br)cc1OCc1ccc(F)cc1. The quantitative estimate of drug-likeness (QED) is 0.373. The zero-order valence-corrected chi connectivity index (χ0v) is 18.6. The van der Waals surface area contributed by atoms with Gasteiger partial charge in [0.25, 0.3) is 0 Å². The zero-order chi connectivity index (χ0) is 20.8. The molecule has 3 aromatic carbocycles. The molecule has 6 heteroatoms. The molecule has 0 heterocycles. The van der Waals surface area contributed by atoms with Crippen LogP contribution in [-0.2, 0) is 13.2 Å². The van der Waals surface area contributed by atoms with Gasteiger partial charge >= 0.3 is 0 Å². The first kappa shape index (κ1) is 21.5. The van der Waals surface area contributed by atoms with E-state index in [0.29, 0.717) is 31.3 Å². The third-order valence-electron chi connectivity index (χ3n) is 4.37. The number of benzene rings is 3. The van der Waals surface area contributed by atoms with Crippen LogP contribution in [0.1, 0.15) is 23.6 Å². The molecule has 1 N–H and O–H groups in total. The normalized spacial score (nSPS) is 10.7. The Morgan fingerprint density at radius 1 is 1.00 bits per heavy atom.